The van der Waals surface area contributed by atoms with Crippen molar-refractivity contribution in [3.05, 3.63) is 70.8 Å². The second-order valence-corrected chi connectivity index (χ2v) is 7.49. The zero-order valence-corrected chi connectivity index (χ0v) is 16.9. The van der Waals surface area contributed by atoms with Gasteiger partial charge in [0.25, 0.3) is 0 Å². The second kappa shape index (κ2) is 9.00. The third kappa shape index (κ3) is 4.53. The Morgan fingerprint density at radius 1 is 1.15 bits per heavy atom. The molecule has 0 aliphatic heterocycles. The second-order valence-electron chi connectivity index (χ2n) is 5.39. The summed E-state index contributed by atoms with van der Waals surface area (Å²) in [6, 6.07) is 17.5. The monoisotopic (exact) mass is 476 g/mol. The van der Waals surface area contributed by atoms with Crippen LogP contribution in [-0.4, -0.2) is 26.4 Å². The standard InChI is InChI=1S/C19H17IN4OS/c1-2-12-24-18(14-8-4-3-5-9-14)22-23-19(24)26-13-17(25)21-16-11-7-6-10-15(16)20/h2-11H,1,12-13H2,(H,21,25). The summed E-state index contributed by atoms with van der Waals surface area (Å²) in [6.07, 6.45) is 1.80. The first-order valence-corrected chi connectivity index (χ1v) is 10.0. The van der Waals surface area contributed by atoms with Crippen molar-refractivity contribution in [3.63, 3.8) is 0 Å². The molecule has 1 amide bonds. The number of carbonyl (C=O) groups is 1. The molecule has 0 atom stereocenters. The van der Waals surface area contributed by atoms with Gasteiger partial charge in [0.2, 0.25) is 5.91 Å². The van der Waals surface area contributed by atoms with E-state index in [4.69, 9.17) is 0 Å². The molecule has 0 aliphatic carbocycles. The lowest BCUT2D eigenvalue weighted by molar-refractivity contribution is -0.113. The summed E-state index contributed by atoms with van der Waals surface area (Å²) in [5.41, 5.74) is 1.80. The van der Waals surface area contributed by atoms with Crippen molar-refractivity contribution in [1.29, 1.82) is 0 Å². The van der Waals surface area contributed by atoms with E-state index in [-0.39, 0.29) is 11.7 Å². The third-order valence-electron chi connectivity index (χ3n) is 3.54. The van der Waals surface area contributed by atoms with Crippen molar-refractivity contribution >= 4 is 45.9 Å². The lowest BCUT2D eigenvalue weighted by Gasteiger charge is -2.09. The summed E-state index contributed by atoms with van der Waals surface area (Å²) in [7, 11) is 0. The van der Waals surface area contributed by atoms with E-state index in [0.717, 1.165) is 20.6 Å². The number of para-hydroxylation sites is 1. The van der Waals surface area contributed by atoms with Crippen LogP contribution in [0.25, 0.3) is 11.4 Å². The van der Waals surface area contributed by atoms with Gasteiger partial charge < -0.3 is 5.32 Å². The number of carbonyl (C=O) groups excluding carboxylic acids is 1. The molecular weight excluding hydrogens is 459 g/mol. The molecule has 0 unspecified atom stereocenters. The molecule has 3 aromatic rings. The predicted octanol–water partition coefficient (Wildman–Crippen LogP) is 4.47. The number of hydrogen-bond donors (Lipinski definition) is 1. The van der Waals surface area contributed by atoms with Gasteiger partial charge in [0.1, 0.15) is 0 Å². The van der Waals surface area contributed by atoms with Gasteiger partial charge in [-0.3, -0.25) is 9.36 Å². The van der Waals surface area contributed by atoms with Crippen LogP contribution in [0.5, 0.6) is 0 Å². The lowest BCUT2D eigenvalue weighted by Crippen LogP contribution is -2.15. The number of thioether (sulfide) groups is 1. The van der Waals surface area contributed by atoms with Gasteiger partial charge in [-0.1, -0.05) is 60.3 Å². The van der Waals surface area contributed by atoms with Crippen LogP contribution in [0.2, 0.25) is 0 Å². The molecule has 1 N–H and O–H groups in total. The normalized spacial score (nSPS) is 10.5. The van der Waals surface area contributed by atoms with Crippen molar-refractivity contribution < 1.29 is 4.79 Å². The van der Waals surface area contributed by atoms with E-state index in [2.05, 4.69) is 44.7 Å². The van der Waals surface area contributed by atoms with Gasteiger partial charge >= 0.3 is 0 Å². The van der Waals surface area contributed by atoms with E-state index < -0.39 is 0 Å². The van der Waals surface area contributed by atoms with Crippen LogP contribution in [-0.2, 0) is 11.3 Å². The Labute approximate surface area is 170 Å². The average Bonchev–Trinajstić information content (AvgIpc) is 3.06. The number of nitrogens with one attached hydrogen (secondary N) is 1. The van der Waals surface area contributed by atoms with E-state index >= 15 is 0 Å². The molecule has 132 valence electrons. The van der Waals surface area contributed by atoms with Crippen molar-refractivity contribution in [1.82, 2.24) is 14.8 Å². The number of hydrogen-bond acceptors (Lipinski definition) is 4. The summed E-state index contributed by atoms with van der Waals surface area (Å²) in [5.74, 6) is 0.953. The highest BCUT2D eigenvalue weighted by Crippen LogP contribution is 2.24. The minimum Gasteiger partial charge on any atom is -0.324 e. The highest BCUT2D eigenvalue weighted by Gasteiger charge is 2.15. The van der Waals surface area contributed by atoms with Gasteiger partial charge in [-0.25, -0.2) is 0 Å². The number of benzene rings is 2. The lowest BCUT2D eigenvalue weighted by atomic mass is 10.2. The topological polar surface area (TPSA) is 59.8 Å². The smallest absolute Gasteiger partial charge is 0.234 e. The molecule has 3 rings (SSSR count). The number of anilines is 1. The number of nitrogens with zero attached hydrogens (tertiary/aromatic N) is 3. The number of allylic oxidation sites excluding steroid dienone is 1. The van der Waals surface area contributed by atoms with Gasteiger partial charge in [-0.15, -0.1) is 16.8 Å². The maximum absolute atomic E-state index is 12.3. The van der Waals surface area contributed by atoms with E-state index in [1.54, 1.807) is 6.08 Å². The van der Waals surface area contributed by atoms with Crippen molar-refractivity contribution in [3.8, 4) is 11.4 Å². The van der Waals surface area contributed by atoms with Crippen LogP contribution < -0.4 is 5.32 Å². The van der Waals surface area contributed by atoms with E-state index in [9.17, 15) is 4.79 Å². The molecule has 0 aliphatic rings. The first kappa shape index (κ1) is 18.7. The first-order valence-electron chi connectivity index (χ1n) is 7.95. The van der Waals surface area contributed by atoms with Crippen molar-refractivity contribution in [2.24, 2.45) is 0 Å². The minimum atomic E-state index is -0.0754. The highest BCUT2D eigenvalue weighted by molar-refractivity contribution is 14.1. The zero-order valence-electron chi connectivity index (χ0n) is 13.9. The Morgan fingerprint density at radius 3 is 2.62 bits per heavy atom. The highest BCUT2D eigenvalue weighted by atomic mass is 127. The Morgan fingerprint density at radius 2 is 1.88 bits per heavy atom. The SMILES string of the molecule is C=CCn1c(SCC(=O)Nc2ccccc2I)nnc1-c1ccccc1. The van der Waals surface area contributed by atoms with Crippen LogP contribution in [0, 0.1) is 3.57 Å². The molecule has 0 fully saturated rings. The van der Waals surface area contributed by atoms with Crippen molar-refractivity contribution in [2.45, 2.75) is 11.7 Å². The van der Waals surface area contributed by atoms with Crippen LogP contribution in [0.15, 0.2) is 72.4 Å². The molecule has 2 aromatic carbocycles. The number of amides is 1. The minimum absolute atomic E-state index is 0.0754. The van der Waals surface area contributed by atoms with Gasteiger partial charge in [0, 0.05) is 15.7 Å². The van der Waals surface area contributed by atoms with E-state index in [0.29, 0.717) is 11.7 Å². The Kier molecular flexibility index (Phi) is 6.45. The summed E-state index contributed by atoms with van der Waals surface area (Å²) < 4.78 is 2.97. The molecule has 0 bridgehead atoms. The molecule has 0 spiro atoms. The van der Waals surface area contributed by atoms with Crippen LogP contribution >= 0.6 is 34.4 Å². The summed E-state index contributed by atoms with van der Waals surface area (Å²) in [6.45, 7) is 4.39. The predicted molar refractivity (Wildman–Crippen MR) is 114 cm³/mol. The maximum Gasteiger partial charge on any atom is 0.234 e. The Bertz CT molecular complexity index is 911. The summed E-state index contributed by atoms with van der Waals surface area (Å²) in [5, 5.41) is 12.2. The van der Waals surface area contributed by atoms with Crippen molar-refractivity contribution in [2.75, 3.05) is 11.1 Å². The molecule has 0 radical (unpaired) electrons. The molecule has 1 aromatic heterocycles. The van der Waals surface area contributed by atoms with Crippen LogP contribution in [0.3, 0.4) is 0 Å². The largest absolute Gasteiger partial charge is 0.324 e. The van der Waals surface area contributed by atoms with E-state index in [1.165, 1.54) is 11.8 Å². The van der Waals surface area contributed by atoms with Gasteiger partial charge in [-0.2, -0.15) is 0 Å². The fourth-order valence-electron chi connectivity index (χ4n) is 2.37. The summed E-state index contributed by atoms with van der Waals surface area (Å²) >= 11 is 3.56. The van der Waals surface area contributed by atoms with Crippen LogP contribution in [0.4, 0.5) is 5.69 Å². The zero-order chi connectivity index (χ0) is 18.4. The first-order chi connectivity index (χ1) is 12.7. The Hall–Kier alpha value is -2.13. The number of halogens is 1. The van der Waals surface area contributed by atoms with Gasteiger partial charge in [-0.05, 0) is 34.7 Å². The quantitative estimate of drug-likeness (QED) is 0.311. The average molecular weight is 476 g/mol. The number of rotatable bonds is 7. The molecule has 0 saturated heterocycles. The Balaban J connectivity index is 1.72. The molecular formula is C19H17IN4OS. The molecule has 0 saturated carbocycles. The molecule has 1 heterocycles. The van der Waals surface area contributed by atoms with Gasteiger partial charge in [0.05, 0.1) is 11.4 Å². The molecule has 5 nitrogen and oxygen atoms in total. The fraction of sp³-hybridized carbons (Fsp3) is 0.105. The molecule has 26 heavy (non-hydrogen) atoms. The summed E-state index contributed by atoms with van der Waals surface area (Å²) in [4.78, 5) is 12.3. The van der Waals surface area contributed by atoms with Gasteiger partial charge in [0.15, 0.2) is 11.0 Å². The van der Waals surface area contributed by atoms with Crippen LogP contribution in [0.1, 0.15) is 0 Å². The third-order valence-corrected chi connectivity index (χ3v) is 5.45. The fourth-order valence-corrected chi connectivity index (χ4v) is 3.64. The van der Waals surface area contributed by atoms with E-state index in [1.807, 2.05) is 59.2 Å². The maximum atomic E-state index is 12.3. The number of aromatic nitrogens is 3. The molecule has 7 heteroatoms.